The third-order valence-electron chi connectivity index (χ3n) is 2.70. The average molecular weight is 327 g/mol. The first-order valence-corrected chi connectivity index (χ1v) is 8.59. The van der Waals surface area contributed by atoms with Gasteiger partial charge in [-0.25, -0.2) is 22.6 Å². The first kappa shape index (κ1) is 15.6. The molecule has 0 amide bonds. The molecular weight excluding hydrogens is 313 g/mol. The van der Waals surface area contributed by atoms with E-state index in [1.807, 2.05) is 6.92 Å². The lowest BCUT2D eigenvalue weighted by Crippen LogP contribution is -2.21. The minimum Gasteiger partial charge on any atom is -0.249 e. The van der Waals surface area contributed by atoms with Gasteiger partial charge in [-0.15, -0.1) is 11.3 Å². The zero-order valence-electron chi connectivity index (χ0n) is 11.5. The Morgan fingerprint density at radius 3 is 2.62 bits per heavy atom. The van der Waals surface area contributed by atoms with E-state index in [-0.39, 0.29) is 5.75 Å². The monoisotopic (exact) mass is 327 g/mol. The van der Waals surface area contributed by atoms with E-state index in [9.17, 15) is 12.8 Å². The van der Waals surface area contributed by atoms with Crippen LogP contribution in [0.3, 0.4) is 0 Å². The summed E-state index contributed by atoms with van der Waals surface area (Å²) in [5.74, 6) is -0.662. The van der Waals surface area contributed by atoms with Gasteiger partial charge >= 0.3 is 0 Å². The van der Waals surface area contributed by atoms with Crippen LogP contribution in [-0.4, -0.2) is 19.1 Å². The van der Waals surface area contributed by atoms with Gasteiger partial charge in [-0.2, -0.15) is 5.10 Å². The Kier molecular flexibility index (Phi) is 4.69. The van der Waals surface area contributed by atoms with E-state index in [2.05, 4.69) is 14.9 Å². The van der Waals surface area contributed by atoms with Crippen molar-refractivity contribution >= 4 is 27.1 Å². The fourth-order valence-electron chi connectivity index (χ4n) is 1.67. The van der Waals surface area contributed by atoms with Crippen molar-refractivity contribution < 1.29 is 12.8 Å². The van der Waals surface area contributed by atoms with E-state index in [1.165, 1.54) is 35.6 Å². The number of aromatic nitrogens is 1. The molecule has 1 aromatic carbocycles. The molecular formula is C13H14FN3O2S2. The van der Waals surface area contributed by atoms with Crippen molar-refractivity contribution in [1.82, 2.24) is 9.82 Å². The number of rotatable bonds is 5. The summed E-state index contributed by atoms with van der Waals surface area (Å²) in [6.07, 6.45) is 0. The number of benzene rings is 1. The lowest BCUT2D eigenvalue weighted by Gasteiger charge is -2.05. The highest BCUT2D eigenvalue weighted by atomic mass is 32.2. The largest absolute Gasteiger partial charge is 0.251 e. The molecule has 0 spiro atoms. The smallest absolute Gasteiger partial charge is 0.249 e. The van der Waals surface area contributed by atoms with Crippen molar-refractivity contribution in [3.63, 3.8) is 0 Å². The van der Waals surface area contributed by atoms with Crippen molar-refractivity contribution in [2.24, 2.45) is 5.10 Å². The molecule has 5 nitrogen and oxygen atoms in total. The third-order valence-corrected chi connectivity index (χ3v) is 4.82. The van der Waals surface area contributed by atoms with Crippen molar-refractivity contribution in [2.75, 3.05) is 0 Å². The van der Waals surface area contributed by atoms with Crippen LogP contribution in [0.15, 0.2) is 34.9 Å². The minimum absolute atomic E-state index is 0.258. The zero-order chi connectivity index (χ0) is 15.5. The van der Waals surface area contributed by atoms with Gasteiger partial charge < -0.3 is 0 Å². The van der Waals surface area contributed by atoms with E-state index in [1.54, 1.807) is 12.4 Å². The fraction of sp³-hybridized carbons (Fsp3) is 0.231. The third kappa shape index (κ3) is 4.33. The molecule has 0 saturated heterocycles. The van der Waals surface area contributed by atoms with Crippen LogP contribution in [0.1, 0.15) is 23.1 Å². The van der Waals surface area contributed by atoms with Crippen LogP contribution in [-0.2, 0) is 15.8 Å². The summed E-state index contributed by atoms with van der Waals surface area (Å²) in [6.45, 7) is 3.54. The lowest BCUT2D eigenvalue weighted by atomic mass is 10.2. The Bertz CT molecular complexity index is 752. The molecule has 0 fully saturated rings. The maximum Gasteiger partial charge on any atom is 0.251 e. The molecule has 1 heterocycles. The summed E-state index contributed by atoms with van der Waals surface area (Å²) in [5, 5.41) is 3.89. The highest BCUT2D eigenvalue weighted by molar-refractivity contribution is 7.88. The van der Waals surface area contributed by atoms with Gasteiger partial charge in [0.15, 0.2) is 0 Å². The second-order valence-electron chi connectivity index (χ2n) is 4.44. The van der Waals surface area contributed by atoms with Crippen LogP contribution in [0, 0.1) is 12.7 Å². The molecule has 0 bridgehead atoms. The number of hydrogen-bond acceptors (Lipinski definition) is 5. The summed E-state index contributed by atoms with van der Waals surface area (Å²) >= 11 is 1.40. The number of halogens is 1. The fourth-order valence-corrected chi connectivity index (χ4v) is 3.40. The Hall–Kier alpha value is -1.80. The van der Waals surface area contributed by atoms with Gasteiger partial charge in [-0.1, -0.05) is 12.1 Å². The molecule has 0 aliphatic carbocycles. The maximum atomic E-state index is 12.8. The van der Waals surface area contributed by atoms with Gasteiger partial charge in [0.2, 0.25) is 0 Å². The molecule has 0 aliphatic rings. The highest BCUT2D eigenvalue weighted by Crippen LogP contribution is 2.13. The van der Waals surface area contributed by atoms with E-state index in [0.717, 1.165) is 10.6 Å². The number of thiazole rings is 1. The number of aryl methyl sites for hydroxylation is 1. The SMILES string of the molecule is CC(=NNS(=O)(=O)Cc1ccc(F)cc1)c1scnc1C. The number of nitrogens with zero attached hydrogens (tertiary/aromatic N) is 2. The van der Waals surface area contributed by atoms with E-state index < -0.39 is 15.8 Å². The Morgan fingerprint density at radius 2 is 2.05 bits per heavy atom. The summed E-state index contributed by atoms with van der Waals surface area (Å²) in [6, 6.07) is 5.30. The number of nitrogens with one attached hydrogen (secondary N) is 1. The molecule has 0 atom stereocenters. The van der Waals surface area contributed by atoms with Crippen LogP contribution in [0.4, 0.5) is 4.39 Å². The van der Waals surface area contributed by atoms with E-state index in [4.69, 9.17) is 0 Å². The van der Waals surface area contributed by atoms with Gasteiger partial charge in [-0.3, -0.25) is 0 Å². The molecule has 1 aromatic heterocycles. The standard InChI is InChI=1S/C13H14FN3O2S2/c1-9-13(20-8-15-9)10(2)16-17-21(18,19)7-11-3-5-12(14)6-4-11/h3-6,8,17H,7H2,1-2H3. The molecule has 0 aliphatic heterocycles. The maximum absolute atomic E-state index is 12.8. The van der Waals surface area contributed by atoms with Gasteiger partial charge in [0, 0.05) is 0 Å². The van der Waals surface area contributed by atoms with Crippen molar-refractivity contribution in [1.29, 1.82) is 0 Å². The number of hydrazone groups is 1. The predicted molar refractivity (Wildman–Crippen MR) is 81.2 cm³/mol. The van der Waals surface area contributed by atoms with Crippen LogP contribution in [0.5, 0.6) is 0 Å². The van der Waals surface area contributed by atoms with E-state index in [0.29, 0.717) is 11.3 Å². The second-order valence-corrected chi connectivity index (χ2v) is 7.00. The first-order chi connectivity index (χ1) is 9.87. The molecule has 1 N–H and O–H groups in total. The van der Waals surface area contributed by atoms with Crippen LogP contribution >= 0.6 is 11.3 Å². The van der Waals surface area contributed by atoms with Crippen molar-refractivity contribution in [3.05, 3.63) is 51.7 Å². The summed E-state index contributed by atoms with van der Waals surface area (Å²) in [4.78, 5) is 7.10. The molecule has 0 radical (unpaired) electrons. The molecule has 112 valence electrons. The molecule has 0 unspecified atom stereocenters. The highest BCUT2D eigenvalue weighted by Gasteiger charge is 2.12. The van der Waals surface area contributed by atoms with Crippen LogP contribution < -0.4 is 4.83 Å². The van der Waals surface area contributed by atoms with Gasteiger partial charge in [0.25, 0.3) is 10.0 Å². The van der Waals surface area contributed by atoms with Gasteiger partial charge in [0.1, 0.15) is 5.82 Å². The topological polar surface area (TPSA) is 71.4 Å². The number of hydrogen-bond donors (Lipinski definition) is 1. The average Bonchev–Trinajstić information content (AvgIpc) is 2.85. The Morgan fingerprint density at radius 1 is 1.38 bits per heavy atom. The number of sulfonamides is 1. The normalized spacial score (nSPS) is 12.4. The molecule has 2 aromatic rings. The summed E-state index contributed by atoms with van der Waals surface area (Å²) < 4.78 is 36.6. The van der Waals surface area contributed by atoms with Crippen molar-refractivity contribution in [3.8, 4) is 0 Å². The second kappa shape index (κ2) is 6.31. The van der Waals surface area contributed by atoms with Gasteiger partial charge in [-0.05, 0) is 31.5 Å². The van der Waals surface area contributed by atoms with Crippen LogP contribution in [0.25, 0.3) is 0 Å². The Labute approximate surface area is 126 Å². The molecule has 2 rings (SSSR count). The molecule has 0 saturated carbocycles. The van der Waals surface area contributed by atoms with E-state index >= 15 is 0 Å². The van der Waals surface area contributed by atoms with Crippen LogP contribution in [0.2, 0.25) is 0 Å². The minimum atomic E-state index is -3.62. The zero-order valence-corrected chi connectivity index (χ0v) is 13.1. The van der Waals surface area contributed by atoms with Crippen molar-refractivity contribution in [2.45, 2.75) is 19.6 Å². The molecule has 8 heteroatoms. The lowest BCUT2D eigenvalue weighted by molar-refractivity contribution is 0.583. The first-order valence-electron chi connectivity index (χ1n) is 6.06. The van der Waals surface area contributed by atoms with Gasteiger partial charge in [0.05, 0.1) is 27.5 Å². The summed E-state index contributed by atoms with van der Waals surface area (Å²) in [7, 11) is -3.62. The molecule has 21 heavy (non-hydrogen) atoms. The Balaban J connectivity index is 2.07. The predicted octanol–water partition coefficient (Wildman–Crippen LogP) is 2.43. The summed E-state index contributed by atoms with van der Waals surface area (Å²) in [5.41, 5.74) is 3.53. The quantitative estimate of drug-likeness (QED) is 0.677.